The van der Waals surface area contributed by atoms with Crippen molar-refractivity contribution < 1.29 is 27.5 Å². The van der Waals surface area contributed by atoms with Gasteiger partial charge < -0.3 is 9.64 Å². The Morgan fingerprint density at radius 2 is 1.49 bits per heavy atom. The highest BCUT2D eigenvalue weighted by molar-refractivity contribution is 5.98. The molecule has 2 unspecified atom stereocenters. The summed E-state index contributed by atoms with van der Waals surface area (Å²) < 4.78 is 46.3. The fourth-order valence-electron chi connectivity index (χ4n) is 6.88. The van der Waals surface area contributed by atoms with E-state index < -0.39 is 17.7 Å². The SMILES string of the molecule is Cc1ccc(C(=O)C2CC3CCCC(C2)N3C(=O)OCC2c3ccccc3-c3ccccc32)cc1C(F)(F)F. The second-order valence-electron chi connectivity index (χ2n) is 11.0. The summed E-state index contributed by atoms with van der Waals surface area (Å²) in [4.78, 5) is 28.6. The molecule has 4 nitrogen and oxygen atoms in total. The zero-order chi connectivity index (χ0) is 27.3. The van der Waals surface area contributed by atoms with Gasteiger partial charge in [-0.15, -0.1) is 0 Å². The number of carbonyl (C=O) groups excluding carboxylic acids is 2. The first-order chi connectivity index (χ1) is 18.7. The van der Waals surface area contributed by atoms with E-state index >= 15 is 0 Å². The van der Waals surface area contributed by atoms with E-state index in [-0.39, 0.29) is 47.6 Å². The van der Waals surface area contributed by atoms with Crippen LogP contribution >= 0.6 is 0 Å². The van der Waals surface area contributed by atoms with Crippen LogP contribution in [0.15, 0.2) is 66.7 Å². The molecule has 7 heteroatoms. The largest absolute Gasteiger partial charge is 0.448 e. The molecule has 2 fully saturated rings. The molecule has 2 atom stereocenters. The maximum atomic E-state index is 13.4. The molecular weight excluding hydrogens is 503 g/mol. The minimum atomic E-state index is -4.51. The third kappa shape index (κ3) is 4.62. The first kappa shape index (κ1) is 25.7. The van der Waals surface area contributed by atoms with Gasteiger partial charge in [0.05, 0.1) is 5.56 Å². The summed E-state index contributed by atoms with van der Waals surface area (Å²) in [5.74, 6) is -0.726. The molecule has 39 heavy (non-hydrogen) atoms. The summed E-state index contributed by atoms with van der Waals surface area (Å²) in [5.41, 5.74) is 4.03. The number of benzene rings is 3. The average molecular weight is 534 g/mol. The lowest BCUT2D eigenvalue weighted by atomic mass is 9.75. The summed E-state index contributed by atoms with van der Waals surface area (Å²) in [6, 6.07) is 19.9. The molecule has 202 valence electrons. The third-order valence-corrected chi connectivity index (χ3v) is 8.72. The van der Waals surface area contributed by atoms with Crippen molar-refractivity contribution in [1.29, 1.82) is 0 Å². The molecular formula is C32H30F3NO3. The quantitative estimate of drug-likeness (QED) is 0.322. The number of carbonyl (C=O) groups is 2. The number of aryl methyl sites for hydroxylation is 1. The summed E-state index contributed by atoms with van der Waals surface area (Å²) in [7, 11) is 0. The lowest BCUT2D eigenvalue weighted by Crippen LogP contribution is -2.55. The van der Waals surface area contributed by atoms with Crippen molar-refractivity contribution in [1.82, 2.24) is 4.90 Å². The van der Waals surface area contributed by atoms with Crippen molar-refractivity contribution in [3.8, 4) is 11.1 Å². The number of rotatable bonds is 4. The molecule has 1 amide bonds. The predicted octanol–water partition coefficient (Wildman–Crippen LogP) is 7.78. The lowest BCUT2D eigenvalue weighted by Gasteiger charge is -2.47. The highest BCUT2D eigenvalue weighted by Crippen LogP contribution is 2.45. The summed E-state index contributed by atoms with van der Waals surface area (Å²) in [6.07, 6.45) is -1.54. The van der Waals surface area contributed by atoms with Gasteiger partial charge in [0.2, 0.25) is 0 Å². The van der Waals surface area contributed by atoms with Crippen LogP contribution in [0.4, 0.5) is 18.0 Å². The Labute approximate surface area is 225 Å². The number of ketones is 1. The molecule has 1 aliphatic carbocycles. The number of hydrogen-bond donors (Lipinski definition) is 0. The highest BCUT2D eigenvalue weighted by Gasteiger charge is 2.44. The maximum Gasteiger partial charge on any atom is 0.416 e. The van der Waals surface area contributed by atoms with Gasteiger partial charge in [-0.1, -0.05) is 60.7 Å². The van der Waals surface area contributed by atoms with Crippen LogP contribution in [-0.4, -0.2) is 35.5 Å². The minimum absolute atomic E-state index is 0.0373. The Hall–Kier alpha value is -3.61. The fraction of sp³-hybridized carbons (Fsp3) is 0.375. The number of Topliss-reactive ketones (excluding diaryl/α,β-unsaturated/α-hetero) is 1. The van der Waals surface area contributed by atoms with Gasteiger partial charge in [0.1, 0.15) is 6.61 Å². The molecule has 2 aliphatic heterocycles. The molecule has 0 spiro atoms. The molecule has 0 aromatic heterocycles. The smallest absolute Gasteiger partial charge is 0.416 e. The number of piperidine rings is 2. The van der Waals surface area contributed by atoms with Gasteiger partial charge in [0, 0.05) is 29.5 Å². The van der Waals surface area contributed by atoms with Gasteiger partial charge in [0.25, 0.3) is 0 Å². The monoisotopic (exact) mass is 533 g/mol. The van der Waals surface area contributed by atoms with Gasteiger partial charge in [-0.2, -0.15) is 13.2 Å². The molecule has 3 aromatic carbocycles. The number of nitrogens with zero attached hydrogens (tertiary/aromatic N) is 1. The zero-order valence-electron chi connectivity index (χ0n) is 21.7. The van der Waals surface area contributed by atoms with Crippen LogP contribution in [0.5, 0.6) is 0 Å². The van der Waals surface area contributed by atoms with Crippen molar-refractivity contribution in [2.24, 2.45) is 5.92 Å². The standard InChI is InChI=1S/C32H30F3NO3/c1-19-13-14-20(17-29(19)32(33,34)35)30(37)21-15-22-7-6-8-23(16-21)36(22)31(38)39-18-28-26-11-4-2-9-24(26)25-10-3-5-12-27(25)28/h2-5,9-14,17,21-23,28H,6-8,15-16,18H2,1H3. The molecule has 3 aromatic rings. The Morgan fingerprint density at radius 3 is 2.08 bits per heavy atom. The van der Waals surface area contributed by atoms with E-state index in [2.05, 4.69) is 24.3 Å². The second kappa shape index (κ2) is 9.85. The summed E-state index contributed by atoms with van der Waals surface area (Å²) in [5, 5.41) is 0. The Kier molecular flexibility index (Phi) is 6.48. The predicted molar refractivity (Wildman–Crippen MR) is 142 cm³/mol. The molecule has 2 heterocycles. The zero-order valence-corrected chi connectivity index (χ0v) is 21.7. The van der Waals surface area contributed by atoms with Gasteiger partial charge in [0.15, 0.2) is 5.78 Å². The lowest BCUT2D eigenvalue weighted by molar-refractivity contribution is -0.138. The Bertz CT molecular complexity index is 1370. The first-order valence-electron chi connectivity index (χ1n) is 13.6. The molecule has 0 saturated carbocycles. The molecule has 0 N–H and O–H groups in total. The van der Waals surface area contributed by atoms with Crippen molar-refractivity contribution >= 4 is 11.9 Å². The summed E-state index contributed by atoms with van der Waals surface area (Å²) in [6.45, 7) is 1.63. The van der Waals surface area contributed by atoms with Gasteiger partial charge in [-0.3, -0.25) is 4.79 Å². The first-order valence-corrected chi connectivity index (χ1v) is 13.6. The van der Waals surface area contributed by atoms with Crippen LogP contribution in [0.1, 0.15) is 70.6 Å². The highest BCUT2D eigenvalue weighted by atomic mass is 19.4. The molecule has 3 aliphatic rings. The van der Waals surface area contributed by atoms with Crippen molar-refractivity contribution in [2.75, 3.05) is 6.61 Å². The molecule has 6 rings (SSSR count). The van der Waals surface area contributed by atoms with E-state index in [0.717, 1.165) is 47.6 Å². The van der Waals surface area contributed by atoms with E-state index in [4.69, 9.17) is 4.74 Å². The second-order valence-corrected chi connectivity index (χ2v) is 11.0. The fourth-order valence-corrected chi connectivity index (χ4v) is 6.88. The van der Waals surface area contributed by atoms with Crippen LogP contribution in [0.25, 0.3) is 11.1 Å². The third-order valence-electron chi connectivity index (χ3n) is 8.72. The van der Waals surface area contributed by atoms with Crippen LogP contribution in [0.3, 0.4) is 0 Å². The number of ether oxygens (including phenoxy) is 1. The van der Waals surface area contributed by atoms with E-state index in [1.165, 1.54) is 19.1 Å². The van der Waals surface area contributed by atoms with Gasteiger partial charge in [-0.25, -0.2) is 4.79 Å². The Morgan fingerprint density at radius 1 is 0.897 bits per heavy atom. The normalized spacial score (nSPS) is 22.3. The maximum absolute atomic E-state index is 13.4. The van der Waals surface area contributed by atoms with Crippen molar-refractivity contribution in [3.63, 3.8) is 0 Å². The van der Waals surface area contributed by atoms with Crippen molar-refractivity contribution in [3.05, 3.63) is 94.5 Å². The van der Waals surface area contributed by atoms with E-state index in [9.17, 15) is 22.8 Å². The number of halogens is 3. The van der Waals surface area contributed by atoms with Crippen LogP contribution < -0.4 is 0 Å². The summed E-state index contributed by atoms with van der Waals surface area (Å²) >= 11 is 0. The Balaban J connectivity index is 1.16. The average Bonchev–Trinajstić information content (AvgIpc) is 3.24. The van der Waals surface area contributed by atoms with E-state index in [1.807, 2.05) is 24.3 Å². The van der Waals surface area contributed by atoms with E-state index in [0.29, 0.717) is 12.8 Å². The van der Waals surface area contributed by atoms with Gasteiger partial charge >= 0.3 is 12.3 Å². The van der Waals surface area contributed by atoms with E-state index in [1.54, 1.807) is 4.90 Å². The topological polar surface area (TPSA) is 46.6 Å². The van der Waals surface area contributed by atoms with Crippen LogP contribution in [0.2, 0.25) is 0 Å². The number of fused-ring (bicyclic) bond motifs is 5. The van der Waals surface area contributed by atoms with Gasteiger partial charge in [-0.05, 0) is 72.9 Å². The number of hydrogen-bond acceptors (Lipinski definition) is 3. The minimum Gasteiger partial charge on any atom is -0.448 e. The van der Waals surface area contributed by atoms with Crippen molar-refractivity contribution in [2.45, 2.75) is 63.2 Å². The molecule has 2 saturated heterocycles. The van der Waals surface area contributed by atoms with Crippen LogP contribution in [-0.2, 0) is 10.9 Å². The molecule has 2 bridgehead atoms. The van der Waals surface area contributed by atoms with Crippen LogP contribution in [0, 0.1) is 12.8 Å². The number of amides is 1. The number of alkyl halides is 3. The molecule has 0 radical (unpaired) electrons.